The Morgan fingerprint density at radius 2 is 0.930 bits per heavy atom. The Morgan fingerprint density at radius 1 is 0.368 bits per heavy atom. The van der Waals surface area contributed by atoms with E-state index in [1.54, 1.807) is 0 Å². The van der Waals surface area contributed by atoms with E-state index in [1.807, 2.05) is 60.7 Å². The Labute approximate surface area is 329 Å². The number of nitrogens with zero attached hydrogens (tertiary/aromatic N) is 5. The second-order valence-corrected chi connectivity index (χ2v) is 14.5. The zero-order valence-corrected chi connectivity index (χ0v) is 31.2. The summed E-state index contributed by atoms with van der Waals surface area (Å²) in [6, 6.07) is 68.4. The second kappa shape index (κ2) is 13.3. The van der Waals surface area contributed by atoms with Crippen molar-refractivity contribution in [3.63, 3.8) is 0 Å². The van der Waals surface area contributed by atoms with Gasteiger partial charge in [-0.2, -0.15) is 0 Å². The van der Waals surface area contributed by atoms with E-state index in [0.29, 0.717) is 17.5 Å². The van der Waals surface area contributed by atoms with Crippen molar-refractivity contribution >= 4 is 43.6 Å². The number of aromatic nitrogens is 5. The maximum Gasteiger partial charge on any atom is 0.166 e. The normalized spacial score (nSPS) is 11.6. The van der Waals surface area contributed by atoms with Gasteiger partial charge in [-0.15, -0.1) is 0 Å². The van der Waals surface area contributed by atoms with Crippen molar-refractivity contribution in [2.45, 2.75) is 6.92 Å². The first-order valence-electron chi connectivity index (χ1n) is 19.3. The first-order chi connectivity index (χ1) is 28.2. The van der Waals surface area contributed by atoms with Gasteiger partial charge in [-0.3, -0.25) is 0 Å². The maximum absolute atomic E-state index is 5.15. The fourth-order valence-corrected chi connectivity index (χ4v) is 8.56. The molecular formula is C52H35N5. The van der Waals surface area contributed by atoms with Crippen LogP contribution in [0.5, 0.6) is 0 Å². The van der Waals surface area contributed by atoms with E-state index in [4.69, 9.17) is 15.0 Å². The van der Waals surface area contributed by atoms with E-state index in [9.17, 15) is 0 Å². The summed E-state index contributed by atoms with van der Waals surface area (Å²) in [5, 5.41) is 4.88. The number of hydrogen-bond acceptors (Lipinski definition) is 3. The van der Waals surface area contributed by atoms with Crippen LogP contribution in [0.1, 0.15) is 5.56 Å². The van der Waals surface area contributed by atoms with E-state index in [-0.39, 0.29) is 0 Å². The van der Waals surface area contributed by atoms with Crippen molar-refractivity contribution in [1.82, 2.24) is 24.1 Å². The van der Waals surface area contributed by atoms with Gasteiger partial charge in [0.2, 0.25) is 0 Å². The molecule has 5 heteroatoms. The van der Waals surface area contributed by atoms with E-state index in [2.05, 4.69) is 150 Å². The van der Waals surface area contributed by atoms with Crippen molar-refractivity contribution in [1.29, 1.82) is 0 Å². The number of rotatable bonds is 6. The summed E-state index contributed by atoms with van der Waals surface area (Å²) < 4.78 is 4.78. The summed E-state index contributed by atoms with van der Waals surface area (Å²) in [4.78, 5) is 15.3. The quantitative estimate of drug-likeness (QED) is 0.171. The average molecular weight is 730 g/mol. The molecule has 0 saturated carbocycles. The SMILES string of the molecule is Cc1cccc2c3cc(-c4cccc5c4c4ccccc4n5-c4ccccc4)ccc3n(-c3ccccc3-c3nc(-c4ccccc4)nc(-c4ccccc4)n3)c12. The molecule has 3 heterocycles. The van der Waals surface area contributed by atoms with Gasteiger partial charge in [-0.05, 0) is 72.1 Å². The van der Waals surface area contributed by atoms with Gasteiger partial charge in [0.15, 0.2) is 17.5 Å². The minimum Gasteiger partial charge on any atom is -0.309 e. The Bertz CT molecular complexity index is 3230. The second-order valence-electron chi connectivity index (χ2n) is 14.5. The van der Waals surface area contributed by atoms with Gasteiger partial charge in [0.05, 0.1) is 27.8 Å². The van der Waals surface area contributed by atoms with Crippen molar-refractivity contribution in [2.24, 2.45) is 0 Å². The third-order valence-corrected chi connectivity index (χ3v) is 11.1. The number of benzene rings is 8. The molecule has 0 unspecified atom stereocenters. The molecule has 0 saturated heterocycles. The molecule has 268 valence electrons. The van der Waals surface area contributed by atoms with E-state index in [1.165, 1.54) is 49.3 Å². The number of hydrogen-bond donors (Lipinski definition) is 0. The zero-order chi connectivity index (χ0) is 37.9. The Balaban J connectivity index is 1.14. The Hall–Kier alpha value is -7.63. The summed E-state index contributed by atoms with van der Waals surface area (Å²) in [5.74, 6) is 1.90. The lowest BCUT2D eigenvalue weighted by molar-refractivity contribution is 1.06. The predicted octanol–water partition coefficient (Wildman–Crippen LogP) is 13.0. The van der Waals surface area contributed by atoms with E-state index >= 15 is 0 Å². The maximum atomic E-state index is 5.15. The molecule has 11 rings (SSSR count). The molecule has 8 aromatic carbocycles. The minimum absolute atomic E-state index is 0.625. The van der Waals surface area contributed by atoms with Crippen LogP contribution in [0.4, 0.5) is 0 Å². The van der Waals surface area contributed by atoms with Crippen LogP contribution in [0.3, 0.4) is 0 Å². The Morgan fingerprint density at radius 3 is 1.68 bits per heavy atom. The van der Waals surface area contributed by atoms with Crippen LogP contribution in [0.2, 0.25) is 0 Å². The zero-order valence-electron chi connectivity index (χ0n) is 31.2. The number of fused-ring (bicyclic) bond motifs is 6. The van der Waals surface area contributed by atoms with Crippen LogP contribution in [-0.2, 0) is 0 Å². The summed E-state index contributed by atoms with van der Waals surface area (Å²) in [6.07, 6.45) is 0. The van der Waals surface area contributed by atoms with Crippen LogP contribution in [0.15, 0.2) is 194 Å². The first kappa shape index (κ1) is 32.8. The van der Waals surface area contributed by atoms with Crippen molar-refractivity contribution < 1.29 is 0 Å². The molecule has 11 aromatic rings. The molecule has 57 heavy (non-hydrogen) atoms. The molecule has 3 aromatic heterocycles. The molecule has 0 aliphatic carbocycles. The van der Waals surface area contributed by atoms with Crippen molar-refractivity contribution in [2.75, 3.05) is 0 Å². The van der Waals surface area contributed by atoms with Crippen LogP contribution in [0, 0.1) is 6.92 Å². The highest BCUT2D eigenvalue weighted by atomic mass is 15.1. The van der Waals surface area contributed by atoms with Crippen LogP contribution < -0.4 is 0 Å². The topological polar surface area (TPSA) is 48.5 Å². The Kier molecular flexibility index (Phi) is 7.64. The number of para-hydroxylation sites is 4. The monoisotopic (exact) mass is 729 g/mol. The lowest BCUT2D eigenvalue weighted by Crippen LogP contribution is -2.04. The number of aryl methyl sites for hydroxylation is 1. The van der Waals surface area contributed by atoms with Crippen LogP contribution >= 0.6 is 0 Å². The molecule has 0 amide bonds. The molecule has 0 N–H and O–H groups in total. The highest BCUT2D eigenvalue weighted by Crippen LogP contribution is 2.42. The molecule has 0 spiro atoms. The molecule has 0 aliphatic heterocycles. The average Bonchev–Trinajstić information content (AvgIpc) is 3.81. The molecule has 0 fully saturated rings. The summed E-state index contributed by atoms with van der Waals surface area (Å²) >= 11 is 0. The van der Waals surface area contributed by atoms with Gasteiger partial charge in [-0.1, -0.05) is 146 Å². The highest BCUT2D eigenvalue weighted by molar-refractivity contribution is 6.17. The standard InChI is InChI=1S/C52H35N5/c1-34-17-15-27-40-43-33-37(39-26-16-30-47-48(39)41-24-11-13-28-44(41)56(47)38-22-9-4-10-23-38)31-32-46(43)57(49(34)40)45-29-14-12-25-42(45)52-54-50(35-18-5-2-6-19-35)53-51(55-52)36-20-7-3-8-21-36/h2-33H,1H3. The smallest absolute Gasteiger partial charge is 0.166 e. The van der Waals surface area contributed by atoms with Gasteiger partial charge in [0.25, 0.3) is 0 Å². The van der Waals surface area contributed by atoms with E-state index < -0.39 is 0 Å². The third kappa shape index (κ3) is 5.35. The van der Waals surface area contributed by atoms with Crippen LogP contribution in [0.25, 0.3) is 100 Å². The van der Waals surface area contributed by atoms with Gasteiger partial charge in [-0.25, -0.2) is 15.0 Å². The molecule has 0 bridgehead atoms. The molecule has 0 atom stereocenters. The van der Waals surface area contributed by atoms with Gasteiger partial charge >= 0.3 is 0 Å². The third-order valence-electron chi connectivity index (χ3n) is 11.1. The van der Waals surface area contributed by atoms with Crippen molar-refractivity contribution in [3.05, 3.63) is 200 Å². The summed E-state index contributed by atoms with van der Waals surface area (Å²) in [6.45, 7) is 2.20. The molecule has 0 radical (unpaired) electrons. The van der Waals surface area contributed by atoms with Crippen LogP contribution in [-0.4, -0.2) is 24.1 Å². The largest absolute Gasteiger partial charge is 0.309 e. The van der Waals surface area contributed by atoms with Gasteiger partial charge < -0.3 is 9.13 Å². The summed E-state index contributed by atoms with van der Waals surface area (Å²) in [5.41, 5.74) is 13.2. The first-order valence-corrected chi connectivity index (χ1v) is 19.3. The van der Waals surface area contributed by atoms with Gasteiger partial charge in [0.1, 0.15) is 0 Å². The summed E-state index contributed by atoms with van der Waals surface area (Å²) in [7, 11) is 0. The minimum atomic E-state index is 0.625. The molecular weight excluding hydrogens is 695 g/mol. The van der Waals surface area contributed by atoms with E-state index in [0.717, 1.165) is 39.1 Å². The highest BCUT2D eigenvalue weighted by Gasteiger charge is 2.22. The fourth-order valence-electron chi connectivity index (χ4n) is 8.56. The predicted molar refractivity (Wildman–Crippen MR) is 235 cm³/mol. The molecule has 5 nitrogen and oxygen atoms in total. The fraction of sp³-hybridized carbons (Fsp3) is 0.0192. The molecule has 0 aliphatic rings. The van der Waals surface area contributed by atoms with Crippen molar-refractivity contribution in [3.8, 4) is 56.7 Å². The van der Waals surface area contributed by atoms with Gasteiger partial charge in [0, 0.05) is 43.9 Å². The lowest BCUT2D eigenvalue weighted by Gasteiger charge is -2.15. The lowest BCUT2D eigenvalue weighted by atomic mass is 9.97.